The number of anilines is 3. The summed E-state index contributed by atoms with van der Waals surface area (Å²) in [5.74, 6) is 0.232. The van der Waals surface area contributed by atoms with Crippen molar-refractivity contribution in [2.45, 2.75) is 13.8 Å². The fourth-order valence-electron chi connectivity index (χ4n) is 2.25. The highest BCUT2D eigenvalue weighted by molar-refractivity contribution is 5.93. The SMILES string of the molecule is C=CCNC(=O)c1cnc(Nc2ccc(N(CC)CC)cc2)nc1. The minimum atomic E-state index is -0.218. The van der Waals surface area contributed by atoms with Gasteiger partial charge in [0.2, 0.25) is 5.95 Å². The van der Waals surface area contributed by atoms with Crippen molar-refractivity contribution in [1.82, 2.24) is 15.3 Å². The Bertz CT molecular complexity index is 663. The number of carbonyl (C=O) groups is 1. The molecule has 0 saturated heterocycles. The summed E-state index contributed by atoms with van der Waals surface area (Å²) in [7, 11) is 0. The van der Waals surface area contributed by atoms with Crippen LogP contribution in [-0.4, -0.2) is 35.5 Å². The quantitative estimate of drug-likeness (QED) is 0.730. The molecule has 1 aromatic carbocycles. The average Bonchev–Trinajstić information content (AvgIpc) is 2.62. The summed E-state index contributed by atoms with van der Waals surface area (Å²) in [6.07, 6.45) is 4.62. The zero-order valence-corrected chi connectivity index (χ0v) is 14.1. The predicted octanol–water partition coefficient (Wildman–Crippen LogP) is 2.98. The standard InChI is InChI=1S/C18H23N5O/c1-4-11-19-17(24)14-12-20-18(21-13-14)22-15-7-9-16(10-8-15)23(5-2)6-3/h4,7-10,12-13H,1,5-6,11H2,2-3H3,(H,19,24)(H,20,21,22). The number of hydrogen-bond acceptors (Lipinski definition) is 5. The summed E-state index contributed by atoms with van der Waals surface area (Å²) in [6.45, 7) is 10.2. The fraction of sp³-hybridized carbons (Fsp3) is 0.278. The normalized spacial score (nSPS) is 10.1. The fourth-order valence-corrected chi connectivity index (χ4v) is 2.25. The van der Waals surface area contributed by atoms with Crippen molar-refractivity contribution in [3.63, 3.8) is 0 Å². The molecule has 0 bridgehead atoms. The molecule has 126 valence electrons. The Labute approximate surface area is 142 Å². The van der Waals surface area contributed by atoms with Crippen molar-refractivity contribution in [2.24, 2.45) is 0 Å². The smallest absolute Gasteiger partial charge is 0.254 e. The topological polar surface area (TPSA) is 70.2 Å². The number of rotatable bonds is 8. The van der Waals surface area contributed by atoms with Gasteiger partial charge in [-0.05, 0) is 38.1 Å². The number of nitrogens with one attached hydrogen (secondary N) is 2. The van der Waals surface area contributed by atoms with E-state index < -0.39 is 0 Å². The van der Waals surface area contributed by atoms with Crippen LogP contribution in [0.3, 0.4) is 0 Å². The largest absolute Gasteiger partial charge is 0.372 e. The maximum absolute atomic E-state index is 11.8. The molecular formula is C18H23N5O. The van der Waals surface area contributed by atoms with Gasteiger partial charge in [0.25, 0.3) is 5.91 Å². The molecule has 0 aliphatic heterocycles. The second-order valence-electron chi connectivity index (χ2n) is 5.14. The summed E-state index contributed by atoms with van der Waals surface area (Å²) >= 11 is 0. The Hall–Kier alpha value is -2.89. The molecule has 0 unspecified atom stereocenters. The number of benzene rings is 1. The molecule has 1 amide bonds. The van der Waals surface area contributed by atoms with Crippen molar-refractivity contribution < 1.29 is 4.79 Å². The minimum Gasteiger partial charge on any atom is -0.372 e. The van der Waals surface area contributed by atoms with Gasteiger partial charge in [-0.1, -0.05) is 6.08 Å². The van der Waals surface area contributed by atoms with Crippen molar-refractivity contribution in [2.75, 3.05) is 29.9 Å². The van der Waals surface area contributed by atoms with E-state index in [1.165, 1.54) is 18.1 Å². The second kappa shape index (κ2) is 8.67. The number of amides is 1. The Morgan fingerprint density at radius 3 is 2.33 bits per heavy atom. The minimum absolute atomic E-state index is 0.218. The summed E-state index contributed by atoms with van der Waals surface area (Å²) < 4.78 is 0. The van der Waals surface area contributed by atoms with E-state index >= 15 is 0 Å². The van der Waals surface area contributed by atoms with Gasteiger partial charge >= 0.3 is 0 Å². The molecule has 2 aromatic rings. The van der Waals surface area contributed by atoms with Crippen LogP contribution in [0.1, 0.15) is 24.2 Å². The first-order valence-corrected chi connectivity index (χ1v) is 8.01. The van der Waals surface area contributed by atoms with Gasteiger partial charge in [0.15, 0.2) is 0 Å². The van der Waals surface area contributed by atoms with Gasteiger partial charge in [0.1, 0.15) is 0 Å². The Morgan fingerprint density at radius 1 is 1.17 bits per heavy atom. The molecule has 6 nitrogen and oxygen atoms in total. The van der Waals surface area contributed by atoms with Crippen LogP contribution in [0.4, 0.5) is 17.3 Å². The molecule has 0 aliphatic carbocycles. The van der Waals surface area contributed by atoms with Crippen LogP contribution in [0, 0.1) is 0 Å². The highest BCUT2D eigenvalue weighted by Gasteiger charge is 2.06. The molecule has 0 atom stereocenters. The molecule has 2 rings (SSSR count). The van der Waals surface area contributed by atoms with Crippen molar-refractivity contribution in [1.29, 1.82) is 0 Å². The molecule has 0 saturated carbocycles. The maximum atomic E-state index is 11.8. The molecule has 0 aliphatic rings. The zero-order chi connectivity index (χ0) is 17.4. The van der Waals surface area contributed by atoms with Crippen LogP contribution in [0.2, 0.25) is 0 Å². The average molecular weight is 325 g/mol. The first kappa shape index (κ1) is 17.5. The summed E-state index contributed by atoms with van der Waals surface area (Å²) in [5.41, 5.74) is 2.50. The van der Waals surface area contributed by atoms with E-state index in [0.717, 1.165) is 18.8 Å². The molecule has 0 fully saturated rings. The Balaban J connectivity index is 2.00. The Morgan fingerprint density at radius 2 is 1.79 bits per heavy atom. The third-order valence-electron chi connectivity index (χ3n) is 3.57. The van der Waals surface area contributed by atoms with E-state index in [9.17, 15) is 4.79 Å². The third kappa shape index (κ3) is 4.55. The van der Waals surface area contributed by atoms with E-state index in [0.29, 0.717) is 18.1 Å². The lowest BCUT2D eigenvalue weighted by Crippen LogP contribution is -2.23. The van der Waals surface area contributed by atoms with Gasteiger partial charge in [0.05, 0.1) is 5.56 Å². The van der Waals surface area contributed by atoms with Gasteiger partial charge in [-0.2, -0.15) is 0 Å². The lowest BCUT2D eigenvalue weighted by Gasteiger charge is -2.21. The number of hydrogen-bond donors (Lipinski definition) is 2. The molecule has 24 heavy (non-hydrogen) atoms. The van der Waals surface area contributed by atoms with Crippen LogP contribution in [0.5, 0.6) is 0 Å². The molecule has 2 N–H and O–H groups in total. The monoisotopic (exact) mass is 325 g/mol. The van der Waals surface area contributed by atoms with Crippen molar-refractivity contribution >= 4 is 23.2 Å². The highest BCUT2D eigenvalue weighted by atomic mass is 16.1. The first-order valence-electron chi connectivity index (χ1n) is 8.01. The van der Waals surface area contributed by atoms with Crippen molar-refractivity contribution in [3.8, 4) is 0 Å². The number of carbonyl (C=O) groups excluding carboxylic acids is 1. The van der Waals surface area contributed by atoms with E-state index in [-0.39, 0.29) is 5.91 Å². The molecule has 1 aromatic heterocycles. The van der Waals surface area contributed by atoms with Gasteiger partial charge in [0, 0.05) is 43.4 Å². The van der Waals surface area contributed by atoms with E-state index in [2.05, 4.69) is 58.1 Å². The highest BCUT2D eigenvalue weighted by Crippen LogP contribution is 2.19. The van der Waals surface area contributed by atoms with E-state index in [1.54, 1.807) is 6.08 Å². The first-order chi connectivity index (χ1) is 11.7. The molecule has 1 heterocycles. The molecule has 0 radical (unpaired) electrons. The summed E-state index contributed by atoms with van der Waals surface area (Å²) in [6, 6.07) is 8.10. The molecule has 0 spiro atoms. The van der Waals surface area contributed by atoms with Crippen LogP contribution >= 0.6 is 0 Å². The summed E-state index contributed by atoms with van der Waals surface area (Å²) in [4.78, 5) is 22.4. The predicted molar refractivity (Wildman–Crippen MR) is 97.8 cm³/mol. The number of aromatic nitrogens is 2. The third-order valence-corrected chi connectivity index (χ3v) is 3.57. The maximum Gasteiger partial charge on any atom is 0.254 e. The summed E-state index contributed by atoms with van der Waals surface area (Å²) in [5, 5.41) is 5.81. The van der Waals surface area contributed by atoms with Crippen LogP contribution in [0.25, 0.3) is 0 Å². The van der Waals surface area contributed by atoms with Crippen LogP contribution < -0.4 is 15.5 Å². The molecule has 6 heteroatoms. The molecular weight excluding hydrogens is 302 g/mol. The lowest BCUT2D eigenvalue weighted by atomic mass is 10.2. The van der Waals surface area contributed by atoms with Crippen LogP contribution in [0.15, 0.2) is 49.3 Å². The van der Waals surface area contributed by atoms with Gasteiger partial charge in [-0.15, -0.1) is 6.58 Å². The second-order valence-corrected chi connectivity index (χ2v) is 5.14. The lowest BCUT2D eigenvalue weighted by molar-refractivity contribution is 0.0957. The zero-order valence-electron chi connectivity index (χ0n) is 14.1. The number of nitrogens with zero attached hydrogens (tertiary/aromatic N) is 3. The van der Waals surface area contributed by atoms with Crippen molar-refractivity contribution in [3.05, 3.63) is 54.9 Å². The van der Waals surface area contributed by atoms with Gasteiger partial charge < -0.3 is 15.5 Å². The van der Waals surface area contributed by atoms with Crippen LogP contribution in [-0.2, 0) is 0 Å². The van der Waals surface area contributed by atoms with E-state index in [1.807, 2.05) is 12.1 Å². The van der Waals surface area contributed by atoms with Gasteiger partial charge in [-0.3, -0.25) is 4.79 Å². The van der Waals surface area contributed by atoms with Gasteiger partial charge in [-0.25, -0.2) is 9.97 Å². The Kier molecular flexibility index (Phi) is 6.31. The van der Waals surface area contributed by atoms with E-state index in [4.69, 9.17) is 0 Å².